The van der Waals surface area contributed by atoms with Crippen LogP contribution in [0.15, 0.2) is 20.2 Å². The van der Waals surface area contributed by atoms with Gasteiger partial charge in [0.15, 0.2) is 11.2 Å². The highest BCUT2D eigenvalue weighted by Crippen LogP contribution is 2.10. The van der Waals surface area contributed by atoms with Gasteiger partial charge in [-0.1, -0.05) is 0 Å². The van der Waals surface area contributed by atoms with Crippen LogP contribution >= 0.6 is 0 Å². The van der Waals surface area contributed by atoms with Gasteiger partial charge in [-0.2, -0.15) is 4.98 Å². The van der Waals surface area contributed by atoms with Crippen molar-refractivity contribution in [3.63, 3.8) is 0 Å². The molecule has 0 aliphatic heterocycles. The maximum absolute atomic E-state index is 12.0. The lowest BCUT2D eigenvalue weighted by atomic mass is 10.5. The van der Waals surface area contributed by atoms with Crippen LogP contribution < -0.4 is 16.6 Å². The number of anilines is 1. The van der Waals surface area contributed by atoms with Crippen molar-refractivity contribution in [3.05, 3.63) is 38.7 Å². The molecular weight excluding hydrogens is 276 g/mol. The first kappa shape index (κ1) is 13.2. The summed E-state index contributed by atoms with van der Waals surface area (Å²) in [4.78, 5) is 35.0. The molecule has 0 saturated heterocycles. The molecule has 21 heavy (non-hydrogen) atoms. The zero-order valence-corrected chi connectivity index (χ0v) is 11.8. The number of nitrogens with zero attached hydrogens (tertiary/aromatic N) is 4. The van der Waals surface area contributed by atoms with Crippen LogP contribution in [0.5, 0.6) is 0 Å². The number of hydrogen-bond donors (Lipinski definition) is 2. The monoisotopic (exact) mass is 290 g/mol. The van der Waals surface area contributed by atoms with E-state index in [9.17, 15) is 9.59 Å². The number of aryl methyl sites for hydroxylation is 2. The highest BCUT2D eigenvalue weighted by atomic mass is 16.4. The summed E-state index contributed by atoms with van der Waals surface area (Å²) in [6.07, 6.45) is 1.62. The van der Waals surface area contributed by atoms with Crippen molar-refractivity contribution in [1.29, 1.82) is 0 Å². The van der Waals surface area contributed by atoms with E-state index in [0.717, 1.165) is 4.57 Å². The van der Waals surface area contributed by atoms with Crippen molar-refractivity contribution in [3.8, 4) is 0 Å². The summed E-state index contributed by atoms with van der Waals surface area (Å²) in [5.74, 6) is 1.60. The minimum absolute atomic E-state index is 0.269. The number of H-pyrrole nitrogens is 1. The van der Waals surface area contributed by atoms with Crippen LogP contribution in [-0.2, 0) is 20.6 Å². The summed E-state index contributed by atoms with van der Waals surface area (Å²) in [5.41, 5.74) is -0.269. The second-order valence-electron chi connectivity index (χ2n) is 4.71. The average Bonchev–Trinajstić information content (AvgIpc) is 3.07. The zero-order chi connectivity index (χ0) is 15.1. The fraction of sp³-hybridized carbons (Fsp3) is 0.333. The molecule has 0 bridgehead atoms. The molecule has 0 spiro atoms. The number of nitrogens with one attached hydrogen (secondary N) is 2. The average molecular weight is 290 g/mol. The lowest BCUT2D eigenvalue weighted by Gasteiger charge is -2.00. The lowest BCUT2D eigenvalue weighted by Crippen LogP contribution is -2.36. The molecular formula is C12H14N6O3. The molecule has 0 aliphatic carbocycles. The molecule has 0 atom stereocenters. The van der Waals surface area contributed by atoms with Gasteiger partial charge in [-0.3, -0.25) is 13.9 Å². The molecule has 0 aliphatic rings. The molecule has 0 amide bonds. The number of rotatable bonds is 3. The Hall–Kier alpha value is -2.84. The predicted molar refractivity (Wildman–Crippen MR) is 75.1 cm³/mol. The highest BCUT2D eigenvalue weighted by molar-refractivity contribution is 5.72. The van der Waals surface area contributed by atoms with Crippen LogP contribution in [0.1, 0.15) is 11.7 Å². The Labute approximate surface area is 118 Å². The van der Waals surface area contributed by atoms with Crippen LogP contribution in [0.25, 0.3) is 11.2 Å². The molecule has 2 N–H and O–H groups in total. The van der Waals surface area contributed by atoms with Crippen molar-refractivity contribution in [2.45, 2.75) is 13.5 Å². The van der Waals surface area contributed by atoms with Gasteiger partial charge < -0.3 is 14.7 Å². The molecule has 3 aromatic rings. The van der Waals surface area contributed by atoms with Gasteiger partial charge >= 0.3 is 5.69 Å². The number of aromatic amines is 1. The topological polar surface area (TPSA) is 111 Å². The van der Waals surface area contributed by atoms with Gasteiger partial charge in [0, 0.05) is 14.1 Å². The SMILES string of the molecule is Cc1cnc(CNc2nc3c([nH]2)c(=O)n(C)c(=O)n3C)o1. The van der Waals surface area contributed by atoms with Gasteiger partial charge in [0.05, 0.1) is 12.7 Å². The number of fused-ring (bicyclic) bond motifs is 1. The number of oxazole rings is 1. The molecule has 0 fully saturated rings. The maximum Gasteiger partial charge on any atom is 0.332 e. The van der Waals surface area contributed by atoms with E-state index in [1.807, 2.05) is 0 Å². The zero-order valence-electron chi connectivity index (χ0n) is 11.8. The van der Waals surface area contributed by atoms with E-state index >= 15 is 0 Å². The molecule has 3 rings (SSSR count). The Kier molecular flexibility index (Phi) is 2.89. The molecule has 0 saturated carbocycles. The van der Waals surface area contributed by atoms with E-state index in [4.69, 9.17) is 4.42 Å². The van der Waals surface area contributed by atoms with E-state index in [0.29, 0.717) is 29.8 Å². The molecule has 3 heterocycles. The quantitative estimate of drug-likeness (QED) is 0.695. The largest absolute Gasteiger partial charge is 0.444 e. The van der Waals surface area contributed by atoms with Crippen LogP contribution in [0.3, 0.4) is 0 Å². The summed E-state index contributed by atoms with van der Waals surface area (Å²) >= 11 is 0. The second kappa shape index (κ2) is 4.62. The lowest BCUT2D eigenvalue weighted by molar-refractivity contribution is 0.478. The summed E-state index contributed by atoms with van der Waals surface area (Å²) in [7, 11) is 2.99. The van der Waals surface area contributed by atoms with Gasteiger partial charge in [-0.25, -0.2) is 9.78 Å². The van der Waals surface area contributed by atoms with Crippen molar-refractivity contribution in [1.82, 2.24) is 24.1 Å². The van der Waals surface area contributed by atoms with E-state index in [1.54, 1.807) is 20.2 Å². The molecule has 0 unspecified atom stereocenters. The molecule has 110 valence electrons. The van der Waals surface area contributed by atoms with Gasteiger partial charge in [-0.05, 0) is 6.92 Å². The Morgan fingerprint density at radius 2 is 2.10 bits per heavy atom. The van der Waals surface area contributed by atoms with Crippen LogP contribution in [-0.4, -0.2) is 24.1 Å². The Bertz CT molecular complexity index is 929. The van der Waals surface area contributed by atoms with Crippen LogP contribution in [0.2, 0.25) is 0 Å². The van der Waals surface area contributed by atoms with Gasteiger partial charge in [0.2, 0.25) is 11.8 Å². The second-order valence-corrected chi connectivity index (χ2v) is 4.71. The first-order valence-corrected chi connectivity index (χ1v) is 6.28. The minimum atomic E-state index is -0.422. The summed E-state index contributed by atoms with van der Waals surface area (Å²) < 4.78 is 7.67. The molecule has 0 aromatic carbocycles. The predicted octanol–water partition coefficient (Wildman–Crippen LogP) is -0.131. The van der Waals surface area contributed by atoms with Gasteiger partial charge in [-0.15, -0.1) is 0 Å². The van der Waals surface area contributed by atoms with E-state index in [1.165, 1.54) is 11.6 Å². The van der Waals surface area contributed by atoms with E-state index in [-0.39, 0.29) is 5.52 Å². The third-order valence-corrected chi connectivity index (χ3v) is 3.17. The third-order valence-electron chi connectivity index (χ3n) is 3.17. The smallest absolute Gasteiger partial charge is 0.332 e. The van der Waals surface area contributed by atoms with Gasteiger partial charge in [0.1, 0.15) is 5.76 Å². The summed E-state index contributed by atoms with van der Waals surface area (Å²) in [6, 6.07) is 0. The molecule has 9 heteroatoms. The number of aromatic nitrogens is 5. The summed E-state index contributed by atoms with van der Waals surface area (Å²) in [5, 5.41) is 2.97. The normalized spacial score (nSPS) is 11.2. The third kappa shape index (κ3) is 2.12. The van der Waals surface area contributed by atoms with E-state index in [2.05, 4.69) is 20.3 Å². The van der Waals surface area contributed by atoms with Crippen molar-refractivity contribution in [2.24, 2.45) is 14.1 Å². The van der Waals surface area contributed by atoms with Crippen LogP contribution in [0.4, 0.5) is 5.95 Å². The van der Waals surface area contributed by atoms with Gasteiger partial charge in [0.25, 0.3) is 5.56 Å². The van der Waals surface area contributed by atoms with Crippen LogP contribution in [0, 0.1) is 6.92 Å². The van der Waals surface area contributed by atoms with Crippen molar-refractivity contribution in [2.75, 3.05) is 5.32 Å². The summed E-state index contributed by atoms with van der Waals surface area (Å²) in [6.45, 7) is 2.12. The molecule has 0 radical (unpaired) electrons. The fourth-order valence-electron chi connectivity index (χ4n) is 2.05. The minimum Gasteiger partial charge on any atom is -0.444 e. The number of hydrogen-bond acceptors (Lipinski definition) is 6. The Morgan fingerprint density at radius 3 is 2.76 bits per heavy atom. The molecule has 9 nitrogen and oxygen atoms in total. The highest BCUT2D eigenvalue weighted by Gasteiger charge is 2.13. The maximum atomic E-state index is 12.0. The molecule has 3 aromatic heterocycles. The van der Waals surface area contributed by atoms with Crippen molar-refractivity contribution < 1.29 is 4.42 Å². The first-order valence-electron chi connectivity index (χ1n) is 6.28. The fourth-order valence-corrected chi connectivity index (χ4v) is 2.05. The first-order chi connectivity index (χ1) is 9.97. The Balaban J connectivity index is 1.98. The Morgan fingerprint density at radius 1 is 1.33 bits per heavy atom. The van der Waals surface area contributed by atoms with E-state index < -0.39 is 11.2 Å². The standard InChI is InChI=1S/C12H14N6O3/c1-6-4-13-7(21-6)5-14-11-15-8-9(16-11)17(2)12(20)18(3)10(8)19/h4H,5H2,1-3H3,(H2,14,15,16). The number of imidazole rings is 1. The van der Waals surface area contributed by atoms with Crippen molar-refractivity contribution >= 4 is 17.1 Å².